The average molecular weight is 356 g/mol. The first kappa shape index (κ1) is 16.7. The van der Waals surface area contributed by atoms with Crippen molar-refractivity contribution in [3.05, 3.63) is 113 Å². The van der Waals surface area contributed by atoms with Gasteiger partial charge in [0.25, 0.3) is 0 Å². The third-order valence-corrected chi connectivity index (χ3v) is 5.58. The van der Waals surface area contributed by atoms with Gasteiger partial charge in [-0.25, -0.2) is 0 Å². The van der Waals surface area contributed by atoms with Gasteiger partial charge in [-0.2, -0.15) is 0 Å². The van der Waals surface area contributed by atoms with Crippen LogP contribution >= 0.6 is 11.3 Å². The van der Waals surface area contributed by atoms with Gasteiger partial charge in [-0.3, -0.25) is 4.98 Å². The van der Waals surface area contributed by atoms with E-state index in [4.69, 9.17) is 0 Å². The summed E-state index contributed by atoms with van der Waals surface area (Å²) in [4.78, 5) is 6.04. The van der Waals surface area contributed by atoms with E-state index in [2.05, 4.69) is 89.2 Å². The Balaban J connectivity index is 1.55. The molecular formula is C24H21NS. The van der Waals surface area contributed by atoms with Crippen LogP contribution in [0.25, 0.3) is 11.1 Å². The Morgan fingerprint density at radius 3 is 2.15 bits per heavy atom. The summed E-state index contributed by atoms with van der Waals surface area (Å²) >= 11 is 1.83. The summed E-state index contributed by atoms with van der Waals surface area (Å²) in [7, 11) is 0. The topological polar surface area (TPSA) is 12.9 Å². The quantitative estimate of drug-likeness (QED) is 0.391. The number of benzene rings is 2. The number of rotatable bonds is 6. The molecule has 2 heterocycles. The SMILES string of the molecule is c1ccc(-c2ccc(CC(Cc3cccs3)c3ccccn3)cc2)cc1. The Morgan fingerprint density at radius 2 is 1.46 bits per heavy atom. The largest absolute Gasteiger partial charge is 0.261 e. The molecule has 1 unspecified atom stereocenters. The van der Waals surface area contributed by atoms with E-state index in [1.54, 1.807) is 0 Å². The van der Waals surface area contributed by atoms with Crippen LogP contribution in [0.2, 0.25) is 0 Å². The van der Waals surface area contributed by atoms with Crippen LogP contribution in [-0.2, 0) is 12.8 Å². The Morgan fingerprint density at radius 1 is 0.692 bits per heavy atom. The number of pyridine rings is 1. The molecule has 0 aliphatic heterocycles. The van der Waals surface area contributed by atoms with Crippen molar-refractivity contribution in [1.29, 1.82) is 0 Å². The standard InChI is InChI=1S/C24H21NS/c1-2-7-20(8-3-1)21-13-11-19(12-14-21)17-22(18-23-9-6-16-26-23)24-10-4-5-15-25-24/h1-16,22H,17-18H2. The van der Waals surface area contributed by atoms with Crippen molar-refractivity contribution in [2.45, 2.75) is 18.8 Å². The summed E-state index contributed by atoms with van der Waals surface area (Å²) in [5, 5.41) is 2.15. The third-order valence-electron chi connectivity index (χ3n) is 4.68. The van der Waals surface area contributed by atoms with Crippen molar-refractivity contribution in [2.75, 3.05) is 0 Å². The van der Waals surface area contributed by atoms with Gasteiger partial charge in [0.15, 0.2) is 0 Å². The smallest absolute Gasteiger partial charge is 0.0441 e. The number of hydrogen-bond donors (Lipinski definition) is 0. The lowest BCUT2D eigenvalue weighted by Gasteiger charge is -2.16. The summed E-state index contributed by atoms with van der Waals surface area (Å²) in [5.41, 5.74) is 5.06. The number of hydrogen-bond acceptors (Lipinski definition) is 2. The van der Waals surface area contributed by atoms with Crippen LogP contribution in [0.5, 0.6) is 0 Å². The highest BCUT2D eigenvalue weighted by Crippen LogP contribution is 2.27. The van der Waals surface area contributed by atoms with E-state index in [1.165, 1.54) is 27.3 Å². The molecule has 0 N–H and O–H groups in total. The first-order valence-electron chi connectivity index (χ1n) is 8.96. The molecule has 0 saturated carbocycles. The molecule has 2 aromatic carbocycles. The average Bonchev–Trinajstić information content (AvgIpc) is 3.23. The van der Waals surface area contributed by atoms with Crippen LogP contribution in [0.3, 0.4) is 0 Å². The molecule has 0 bridgehead atoms. The fourth-order valence-electron chi connectivity index (χ4n) is 3.32. The lowest BCUT2D eigenvalue weighted by Crippen LogP contribution is -2.08. The van der Waals surface area contributed by atoms with Crippen molar-refractivity contribution in [3.63, 3.8) is 0 Å². The number of aromatic nitrogens is 1. The summed E-state index contributed by atoms with van der Waals surface area (Å²) in [6.07, 6.45) is 3.94. The van der Waals surface area contributed by atoms with Crippen LogP contribution in [0.4, 0.5) is 0 Å². The minimum Gasteiger partial charge on any atom is -0.261 e. The summed E-state index contributed by atoms with van der Waals surface area (Å²) in [6.45, 7) is 0. The molecule has 0 spiro atoms. The molecule has 128 valence electrons. The maximum absolute atomic E-state index is 4.63. The second kappa shape index (κ2) is 8.11. The predicted octanol–water partition coefficient (Wildman–Crippen LogP) is 6.38. The van der Waals surface area contributed by atoms with Gasteiger partial charge in [0.2, 0.25) is 0 Å². The van der Waals surface area contributed by atoms with Gasteiger partial charge < -0.3 is 0 Å². The minimum absolute atomic E-state index is 0.400. The van der Waals surface area contributed by atoms with Crippen LogP contribution in [0.15, 0.2) is 96.5 Å². The van der Waals surface area contributed by atoms with Gasteiger partial charge in [0.1, 0.15) is 0 Å². The summed E-state index contributed by atoms with van der Waals surface area (Å²) < 4.78 is 0. The van der Waals surface area contributed by atoms with Gasteiger partial charge in [-0.15, -0.1) is 11.3 Å². The molecule has 0 aliphatic carbocycles. The first-order chi connectivity index (χ1) is 12.9. The maximum Gasteiger partial charge on any atom is 0.0441 e. The summed E-state index contributed by atoms with van der Waals surface area (Å²) in [5.74, 6) is 0.400. The maximum atomic E-state index is 4.63. The van der Waals surface area contributed by atoms with Crippen molar-refractivity contribution >= 4 is 11.3 Å². The molecule has 4 aromatic rings. The van der Waals surface area contributed by atoms with E-state index in [1.807, 2.05) is 23.6 Å². The molecule has 0 aliphatic rings. The minimum atomic E-state index is 0.400. The molecule has 4 rings (SSSR count). The van der Waals surface area contributed by atoms with E-state index >= 15 is 0 Å². The third kappa shape index (κ3) is 4.09. The Kier molecular flexibility index (Phi) is 5.22. The molecule has 26 heavy (non-hydrogen) atoms. The highest BCUT2D eigenvalue weighted by atomic mass is 32.1. The van der Waals surface area contributed by atoms with Crippen molar-refractivity contribution in [3.8, 4) is 11.1 Å². The van der Waals surface area contributed by atoms with E-state index in [0.717, 1.165) is 12.8 Å². The summed E-state index contributed by atoms with van der Waals surface area (Å²) in [6, 6.07) is 30.1. The second-order valence-corrected chi connectivity index (χ2v) is 7.53. The predicted molar refractivity (Wildman–Crippen MR) is 111 cm³/mol. The van der Waals surface area contributed by atoms with Crippen molar-refractivity contribution < 1.29 is 0 Å². The zero-order chi connectivity index (χ0) is 17.6. The van der Waals surface area contributed by atoms with Gasteiger partial charge >= 0.3 is 0 Å². The zero-order valence-electron chi connectivity index (χ0n) is 14.6. The fourth-order valence-corrected chi connectivity index (χ4v) is 4.11. The number of thiophene rings is 1. The normalized spacial score (nSPS) is 12.0. The van der Waals surface area contributed by atoms with Crippen LogP contribution < -0.4 is 0 Å². The van der Waals surface area contributed by atoms with E-state index < -0.39 is 0 Å². The highest BCUT2D eigenvalue weighted by molar-refractivity contribution is 7.09. The molecular weight excluding hydrogens is 334 g/mol. The highest BCUT2D eigenvalue weighted by Gasteiger charge is 2.15. The lowest BCUT2D eigenvalue weighted by atomic mass is 9.91. The molecule has 0 fully saturated rings. The van der Waals surface area contributed by atoms with Crippen LogP contribution in [0, 0.1) is 0 Å². The van der Waals surface area contributed by atoms with Crippen molar-refractivity contribution in [2.24, 2.45) is 0 Å². The Hall–Kier alpha value is -2.71. The zero-order valence-corrected chi connectivity index (χ0v) is 15.4. The molecule has 0 saturated heterocycles. The molecule has 1 atom stereocenters. The van der Waals surface area contributed by atoms with Gasteiger partial charge in [-0.05, 0) is 53.1 Å². The monoisotopic (exact) mass is 355 g/mol. The van der Waals surface area contributed by atoms with E-state index in [9.17, 15) is 0 Å². The fraction of sp³-hybridized carbons (Fsp3) is 0.125. The van der Waals surface area contributed by atoms with E-state index in [0.29, 0.717) is 5.92 Å². The lowest BCUT2D eigenvalue weighted by molar-refractivity contribution is 0.664. The van der Waals surface area contributed by atoms with Gasteiger partial charge in [0.05, 0.1) is 0 Å². The van der Waals surface area contributed by atoms with Gasteiger partial charge in [0, 0.05) is 22.7 Å². The molecule has 0 radical (unpaired) electrons. The molecule has 0 amide bonds. The van der Waals surface area contributed by atoms with Crippen LogP contribution in [-0.4, -0.2) is 4.98 Å². The van der Waals surface area contributed by atoms with Gasteiger partial charge in [-0.1, -0.05) is 66.7 Å². The first-order valence-corrected chi connectivity index (χ1v) is 9.84. The number of nitrogens with zero attached hydrogens (tertiary/aromatic N) is 1. The molecule has 2 aromatic heterocycles. The van der Waals surface area contributed by atoms with E-state index in [-0.39, 0.29) is 0 Å². The van der Waals surface area contributed by atoms with Crippen molar-refractivity contribution in [1.82, 2.24) is 4.98 Å². The Labute approximate surface area is 159 Å². The molecule has 2 heteroatoms. The molecule has 1 nitrogen and oxygen atoms in total. The van der Waals surface area contributed by atoms with Crippen LogP contribution in [0.1, 0.15) is 22.1 Å². The second-order valence-electron chi connectivity index (χ2n) is 6.50. The Bertz CT molecular complexity index is 913.